The third-order valence-electron chi connectivity index (χ3n) is 3.23. The van der Waals surface area contributed by atoms with Gasteiger partial charge in [-0.15, -0.1) is 0 Å². The molecule has 1 aromatic rings. The van der Waals surface area contributed by atoms with Crippen molar-refractivity contribution in [3.63, 3.8) is 0 Å². The molecule has 0 radical (unpaired) electrons. The lowest BCUT2D eigenvalue weighted by Crippen LogP contribution is -2.50. The Morgan fingerprint density at radius 2 is 2.29 bits per heavy atom. The molecule has 1 fully saturated rings. The number of aliphatic hydroxyl groups excluding tert-OH is 1. The lowest BCUT2D eigenvalue weighted by molar-refractivity contribution is -0.124. The van der Waals surface area contributed by atoms with Crippen LogP contribution < -0.4 is 11.1 Å². The summed E-state index contributed by atoms with van der Waals surface area (Å²) in [7, 11) is 0. The maximum atomic E-state index is 11.8. The van der Waals surface area contributed by atoms with Crippen LogP contribution in [-0.2, 0) is 11.3 Å². The van der Waals surface area contributed by atoms with E-state index < -0.39 is 5.54 Å². The first-order valence-corrected chi connectivity index (χ1v) is 5.84. The number of nitrogens with two attached hydrogens (primary N) is 1. The van der Waals surface area contributed by atoms with Crippen LogP contribution in [0.1, 0.15) is 25.7 Å². The normalized spacial score (nSPS) is 18.2. The van der Waals surface area contributed by atoms with E-state index in [9.17, 15) is 9.90 Å². The van der Waals surface area contributed by atoms with Crippen molar-refractivity contribution in [3.8, 4) is 0 Å². The van der Waals surface area contributed by atoms with Crippen molar-refractivity contribution < 1.29 is 9.90 Å². The van der Waals surface area contributed by atoms with Crippen LogP contribution >= 0.6 is 0 Å². The quantitative estimate of drug-likeness (QED) is 0.682. The summed E-state index contributed by atoms with van der Waals surface area (Å²) in [4.78, 5) is 11.8. The van der Waals surface area contributed by atoms with Crippen molar-refractivity contribution in [2.45, 2.75) is 37.8 Å². The van der Waals surface area contributed by atoms with Gasteiger partial charge in [0, 0.05) is 6.20 Å². The second-order valence-corrected chi connectivity index (χ2v) is 4.63. The van der Waals surface area contributed by atoms with Crippen LogP contribution in [-0.4, -0.2) is 32.9 Å². The standard InChI is InChI=1S/C11H18N4O2/c12-9-3-6-15(14-9)7-10(17)13-11(8-16)4-1-2-5-11/h3,6,16H,1-2,4-5,7-8H2,(H2,12,14)(H,13,17). The summed E-state index contributed by atoms with van der Waals surface area (Å²) in [6.45, 7) is 0.138. The van der Waals surface area contributed by atoms with Crippen molar-refractivity contribution in [3.05, 3.63) is 12.3 Å². The van der Waals surface area contributed by atoms with Gasteiger partial charge in [-0.05, 0) is 18.9 Å². The molecule has 2 rings (SSSR count). The minimum absolute atomic E-state index is 0.0000139. The first-order chi connectivity index (χ1) is 8.13. The highest BCUT2D eigenvalue weighted by molar-refractivity contribution is 5.76. The molecule has 1 aromatic heterocycles. The Labute approximate surface area is 99.8 Å². The Bertz CT molecular complexity index is 396. The highest BCUT2D eigenvalue weighted by Crippen LogP contribution is 2.28. The summed E-state index contributed by atoms with van der Waals surface area (Å²) in [6.07, 6.45) is 5.45. The summed E-state index contributed by atoms with van der Waals surface area (Å²) >= 11 is 0. The van der Waals surface area contributed by atoms with E-state index in [1.165, 1.54) is 4.68 Å². The predicted molar refractivity (Wildman–Crippen MR) is 63.1 cm³/mol. The molecular weight excluding hydrogens is 220 g/mol. The van der Waals surface area contributed by atoms with Gasteiger partial charge in [0.1, 0.15) is 12.4 Å². The summed E-state index contributed by atoms with van der Waals surface area (Å²) in [5.74, 6) is 0.264. The van der Waals surface area contributed by atoms with Crippen LogP contribution in [0.5, 0.6) is 0 Å². The number of amides is 1. The van der Waals surface area contributed by atoms with Gasteiger partial charge in [-0.3, -0.25) is 9.48 Å². The zero-order valence-electron chi connectivity index (χ0n) is 9.72. The van der Waals surface area contributed by atoms with E-state index in [0.29, 0.717) is 5.82 Å². The fraction of sp³-hybridized carbons (Fsp3) is 0.636. The average Bonchev–Trinajstić information content (AvgIpc) is 2.89. The van der Waals surface area contributed by atoms with Crippen molar-refractivity contribution in [1.82, 2.24) is 15.1 Å². The summed E-state index contributed by atoms with van der Waals surface area (Å²) < 4.78 is 1.49. The number of aliphatic hydroxyl groups is 1. The third kappa shape index (κ3) is 2.76. The Morgan fingerprint density at radius 1 is 1.59 bits per heavy atom. The van der Waals surface area contributed by atoms with Crippen LogP contribution in [0, 0.1) is 0 Å². The first-order valence-electron chi connectivity index (χ1n) is 5.84. The van der Waals surface area contributed by atoms with Crippen LogP contribution in [0.15, 0.2) is 12.3 Å². The number of carbonyl (C=O) groups excluding carboxylic acids is 1. The lowest BCUT2D eigenvalue weighted by atomic mass is 9.99. The molecule has 0 spiro atoms. The number of hydrogen-bond donors (Lipinski definition) is 3. The van der Waals surface area contributed by atoms with Gasteiger partial charge in [0.2, 0.25) is 5.91 Å². The third-order valence-corrected chi connectivity index (χ3v) is 3.23. The molecule has 1 saturated carbocycles. The van der Waals surface area contributed by atoms with Crippen molar-refractivity contribution in [1.29, 1.82) is 0 Å². The predicted octanol–water partition coefficient (Wildman–Crippen LogP) is -0.113. The van der Waals surface area contributed by atoms with Crippen molar-refractivity contribution in [2.24, 2.45) is 0 Å². The molecule has 0 atom stereocenters. The number of hydrogen-bond acceptors (Lipinski definition) is 4. The van der Waals surface area contributed by atoms with E-state index in [1.807, 2.05) is 0 Å². The highest BCUT2D eigenvalue weighted by Gasteiger charge is 2.34. The molecule has 0 unspecified atom stereocenters. The van der Waals surface area contributed by atoms with Gasteiger partial charge in [-0.2, -0.15) is 5.10 Å². The molecule has 1 heterocycles. The smallest absolute Gasteiger partial charge is 0.242 e. The van der Waals surface area contributed by atoms with Gasteiger partial charge >= 0.3 is 0 Å². The fourth-order valence-electron chi connectivity index (χ4n) is 2.32. The number of nitrogens with one attached hydrogen (secondary N) is 1. The molecule has 6 nitrogen and oxygen atoms in total. The molecule has 6 heteroatoms. The number of carbonyl (C=O) groups is 1. The van der Waals surface area contributed by atoms with Gasteiger partial charge in [-0.1, -0.05) is 12.8 Å². The van der Waals surface area contributed by atoms with Crippen LogP contribution in [0.25, 0.3) is 0 Å². The topological polar surface area (TPSA) is 93.2 Å². The summed E-state index contributed by atoms with van der Waals surface area (Å²) in [6, 6.07) is 1.64. The molecule has 4 N–H and O–H groups in total. The van der Waals surface area contributed by atoms with Crippen molar-refractivity contribution >= 4 is 11.7 Å². The minimum atomic E-state index is -0.421. The number of aromatic nitrogens is 2. The highest BCUT2D eigenvalue weighted by atomic mass is 16.3. The second kappa shape index (κ2) is 4.75. The lowest BCUT2D eigenvalue weighted by Gasteiger charge is -2.27. The van der Waals surface area contributed by atoms with Gasteiger partial charge in [-0.25, -0.2) is 0 Å². The van der Waals surface area contributed by atoms with E-state index in [4.69, 9.17) is 5.73 Å². The molecule has 17 heavy (non-hydrogen) atoms. The van der Waals surface area contributed by atoms with Crippen molar-refractivity contribution in [2.75, 3.05) is 12.3 Å². The molecule has 94 valence electrons. The van der Waals surface area contributed by atoms with E-state index in [0.717, 1.165) is 25.7 Å². The Hall–Kier alpha value is -1.56. The van der Waals surface area contributed by atoms with Gasteiger partial charge in [0.25, 0.3) is 0 Å². The van der Waals surface area contributed by atoms with Gasteiger partial charge in [0.05, 0.1) is 12.1 Å². The monoisotopic (exact) mass is 238 g/mol. The maximum absolute atomic E-state index is 11.8. The van der Waals surface area contributed by atoms with Crippen LogP contribution in [0.2, 0.25) is 0 Å². The maximum Gasteiger partial charge on any atom is 0.242 e. The van der Waals surface area contributed by atoms with E-state index in [-0.39, 0.29) is 19.1 Å². The zero-order valence-corrected chi connectivity index (χ0v) is 9.72. The number of nitrogen functional groups attached to an aromatic ring is 1. The minimum Gasteiger partial charge on any atom is -0.394 e. The summed E-state index contributed by atoms with van der Waals surface area (Å²) in [5, 5.41) is 16.2. The fourth-order valence-corrected chi connectivity index (χ4v) is 2.32. The Balaban J connectivity index is 1.92. The molecular formula is C11H18N4O2. The van der Waals surface area contributed by atoms with Crippen LogP contribution in [0.4, 0.5) is 5.82 Å². The summed E-state index contributed by atoms with van der Waals surface area (Å²) in [5.41, 5.74) is 5.05. The molecule has 1 amide bonds. The molecule has 0 aliphatic heterocycles. The van der Waals surface area contributed by atoms with Gasteiger partial charge < -0.3 is 16.2 Å². The van der Waals surface area contributed by atoms with Crippen LogP contribution in [0.3, 0.4) is 0 Å². The van der Waals surface area contributed by atoms with Gasteiger partial charge in [0.15, 0.2) is 0 Å². The second-order valence-electron chi connectivity index (χ2n) is 4.63. The largest absolute Gasteiger partial charge is 0.394 e. The molecule has 1 aliphatic carbocycles. The SMILES string of the molecule is Nc1ccn(CC(=O)NC2(CO)CCCC2)n1. The zero-order chi connectivity index (χ0) is 12.3. The molecule has 0 bridgehead atoms. The van der Waals surface area contributed by atoms with E-state index >= 15 is 0 Å². The number of nitrogens with zero attached hydrogens (tertiary/aromatic N) is 2. The molecule has 1 aliphatic rings. The Morgan fingerprint density at radius 3 is 2.82 bits per heavy atom. The first kappa shape index (κ1) is 11.9. The number of rotatable bonds is 4. The molecule has 0 saturated heterocycles. The Kier molecular flexibility index (Phi) is 3.33. The van der Waals surface area contributed by atoms with E-state index in [1.54, 1.807) is 12.3 Å². The molecule has 0 aromatic carbocycles. The average molecular weight is 238 g/mol. The number of anilines is 1. The van der Waals surface area contributed by atoms with E-state index in [2.05, 4.69) is 10.4 Å².